The van der Waals surface area contributed by atoms with Crippen molar-refractivity contribution in [2.75, 3.05) is 7.11 Å². The normalized spacial score (nSPS) is 10.7. The van der Waals surface area contributed by atoms with Gasteiger partial charge in [-0.2, -0.15) is 0 Å². The zero-order valence-corrected chi connectivity index (χ0v) is 8.57. The topological polar surface area (TPSA) is 21.3 Å². The van der Waals surface area contributed by atoms with Gasteiger partial charge in [0.2, 0.25) is 0 Å². The fourth-order valence-corrected chi connectivity index (χ4v) is 1.65. The summed E-state index contributed by atoms with van der Waals surface area (Å²) >= 11 is 1.73. The second-order valence-electron chi connectivity index (χ2n) is 2.99. The van der Waals surface area contributed by atoms with Crippen LogP contribution < -0.4 is 10.1 Å². The van der Waals surface area contributed by atoms with Crippen molar-refractivity contribution in [1.82, 2.24) is 5.32 Å². The molecule has 1 rings (SSSR count). The van der Waals surface area contributed by atoms with Gasteiger partial charge in [0.25, 0.3) is 0 Å². The predicted molar refractivity (Wildman–Crippen MR) is 52.8 cm³/mol. The molecule has 0 atom stereocenters. The summed E-state index contributed by atoms with van der Waals surface area (Å²) in [4.78, 5) is 1.32. The Labute approximate surface area is 77.6 Å². The summed E-state index contributed by atoms with van der Waals surface area (Å²) in [6.45, 7) is 5.22. The fraction of sp³-hybridized carbons (Fsp3) is 0.556. The van der Waals surface area contributed by atoms with Crippen LogP contribution in [0.3, 0.4) is 0 Å². The highest BCUT2D eigenvalue weighted by atomic mass is 32.1. The number of hydrogen-bond donors (Lipinski definition) is 1. The van der Waals surface area contributed by atoms with Crippen LogP contribution in [-0.4, -0.2) is 13.2 Å². The molecule has 2 nitrogen and oxygen atoms in total. The number of nitrogens with one attached hydrogen (secondary N) is 1. The van der Waals surface area contributed by atoms with Gasteiger partial charge in [0.1, 0.15) is 5.75 Å². The van der Waals surface area contributed by atoms with Gasteiger partial charge >= 0.3 is 0 Å². The van der Waals surface area contributed by atoms with Crippen molar-refractivity contribution in [1.29, 1.82) is 0 Å². The maximum Gasteiger partial charge on any atom is 0.129 e. The van der Waals surface area contributed by atoms with Crippen molar-refractivity contribution in [3.63, 3.8) is 0 Å². The largest absolute Gasteiger partial charge is 0.496 e. The van der Waals surface area contributed by atoms with Crippen LogP contribution >= 0.6 is 11.3 Å². The van der Waals surface area contributed by atoms with E-state index in [2.05, 4.69) is 25.2 Å². The summed E-state index contributed by atoms with van der Waals surface area (Å²) in [5.74, 6) is 0.959. The molecule has 1 heterocycles. The van der Waals surface area contributed by atoms with Crippen LogP contribution in [-0.2, 0) is 6.54 Å². The molecule has 0 saturated carbocycles. The Balaban J connectivity index is 2.41. The molecule has 1 aromatic rings. The molecule has 1 N–H and O–H groups in total. The first kappa shape index (κ1) is 9.55. The van der Waals surface area contributed by atoms with Crippen LogP contribution in [0.2, 0.25) is 0 Å². The van der Waals surface area contributed by atoms with Crippen LogP contribution in [0.25, 0.3) is 0 Å². The number of methoxy groups -OCH3 is 1. The minimum atomic E-state index is 0.540. The predicted octanol–water partition coefficient (Wildman–Crippen LogP) is 2.25. The minimum absolute atomic E-state index is 0.540. The molecule has 0 aliphatic heterocycles. The molecule has 68 valence electrons. The van der Waals surface area contributed by atoms with Gasteiger partial charge in [-0.3, -0.25) is 0 Å². The van der Waals surface area contributed by atoms with Crippen molar-refractivity contribution in [2.45, 2.75) is 26.4 Å². The molecule has 0 fully saturated rings. The van der Waals surface area contributed by atoms with E-state index in [-0.39, 0.29) is 0 Å². The first-order valence-corrected chi connectivity index (χ1v) is 4.95. The lowest BCUT2D eigenvalue weighted by Gasteiger charge is -2.04. The third-order valence-electron chi connectivity index (χ3n) is 1.55. The number of rotatable bonds is 4. The first-order chi connectivity index (χ1) is 5.72. The molecule has 0 aliphatic rings. The standard InChI is InChI=1S/C9H15NOS/c1-7(2)10-5-9-4-8(11-3)6-12-9/h4,6-7,10H,5H2,1-3H3. The summed E-state index contributed by atoms with van der Waals surface area (Å²) in [5.41, 5.74) is 0. The highest BCUT2D eigenvalue weighted by molar-refractivity contribution is 7.10. The van der Waals surface area contributed by atoms with Crippen molar-refractivity contribution >= 4 is 11.3 Å². The first-order valence-electron chi connectivity index (χ1n) is 4.07. The Morgan fingerprint density at radius 1 is 1.58 bits per heavy atom. The molecule has 0 bridgehead atoms. The molecular weight excluding hydrogens is 170 g/mol. The van der Waals surface area contributed by atoms with Gasteiger partial charge in [0, 0.05) is 22.8 Å². The van der Waals surface area contributed by atoms with Gasteiger partial charge < -0.3 is 10.1 Å². The van der Waals surface area contributed by atoms with E-state index in [9.17, 15) is 0 Å². The van der Waals surface area contributed by atoms with Gasteiger partial charge in [0.15, 0.2) is 0 Å². The fourth-order valence-electron chi connectivity index (χ4n) is 0.865. The van der Waals surface area contributed by atoms with E-state index < -0.39 is 0 Å². The molecule has 0 unspecified atom stereocenters. The summed E-state index contributed by atoms with van der Waals surface area (Å²) in [6.07, 6.45) is 0. The molecule has 0 aromatic carbocycles. The van der Waals surface area contributed by atoms with Crippen LogP contribution in [0, 0.1) is 0 Å². The molecule has 0 spiro atoms. The zero-order chi connectivity index (χ0) is 8.97. The van der Waals surface area contributed by atoms with E-state index in [1.165, 1.54) is 4.88 Å². The maximum atomic E-state index is 5.08. The maximum absolute atomic E-state index is 5.08. The summed E-state index contributed by atoms with van der Waals surface area (Å²) in [5, 5.41) is 5.38. The Morgan fingerprint density at radius 2 is 2.33 bits per heavy atom. The third-order valence-corrected chi connectivity index (χ3v) is 2.47. The molecule has 3 heteroatoms. The van der Waals surface area contributed by atoms with Gasteiger partial charge in [0.05, 0.1) is 7.11 Å². The monoisotopic (exact) mass is 185 g/mol. The molecule has 0 radical (unpaired) electrons. The minimum Gasteiger partial charge on any atom is -0.496 e. The average Bonchev–Trinajstić information content (AvgIpc) is 2.48. The van der Waals surface area contributed by atoms with Gasteiger partial charge in [-0.05, 0) is 6.07 Å². The van der Waals surface area contributed by atoms with E-state index in [1.807, 2.05) is 5.38 Å². The lowest BCUT2D eigenvalue weighted by molar-refractivity contribution is 0.416. The Bertz CT molecular complexity index is 232. The second-order valence-corrected chi connectivity index (χ2v) is 3.98. The van der Waals surface area contributed by atoms with Crippen LogP contribution in [0.1, 0.15) is 18.7 Å². The Hall–Kier alpha value is -0.540. The van der Waals surface area contributed by atoms with Gasteiger partial charge in [-0.15, -0.1) is 11.3 Å². The van der Waals surface area contributed by atoms with Crippen molar-refractivity contribution < 1.29 is 4.74 Å². The quantitative estimate of drug-likeness (QED) is 0.777. The smallest absolute Gasteiger partial charge is 0.129 e. The summed E-state index contributed by atoms with van der Waals surface area (Å²) in [6, 6.07) is 2.61. The molecule has 1 aromatic heterocycles. The van der Waals surface area contributed by atoms with Crippen molar-refractivity contribution in [3.8, 4) is 5.75 Å². The van der Waals surface area contributed by atoms with E-state index in [0.717, 1.165) is 12.3 Å². The van der Waals surface area contributed by atoms with Crippen LogP contribution in [0.15, 0.2) is 11.4 Å². The van der Waals surface area contributed by atoms with E-state index >= 15 is 0 Å². The number of thiophene rings is 1. The molecule has 0 amide bonds. The van der Waals surface area contributed by atoms with Crippen LogP contribution in [0.5, 0.6) is 5.75 Å². The third kappa shape index (κ3) is 2.83. The Morgan fingerprint density at radius 3 is 2.83 bits per heavy atom. The van der Waals surface area contributed by atoms with E-state index in [0.29, 0.717) is 6.04 Å². The molecular formula is C9H15NOS. The highest BCUT2D eigenvalue weighted by Gasteiger charge is 1.99. The lowest BCUT2D eigenvalue weighted by atomic mass is 10.3. The molecule has 0 aliphatic carbocycles. The summed E-state index contributed by atoms with van der Waals surface area (Å²) < 4.78 is 5.08. The van der Waals surface area contributed by atoms with Crippen LogP contribution in [0.4, 0.5) is 0 Å². The van der Waals surface area contributed by atoms with E-state index in [4.69, 9.17) is 4.74 Å². The molecule has 0 saturated heterocycles. The average molecular weight is 185 g/mol. The summed E-state index contributed by atoms with van der Waals surface area (Å²) in [7, 11) is 1.70. The molecule has 12 heavy (non-hydrogen) atoms. The highest BCUT2D eigenvalue weighted by Crippen LogP contribution is 2.20. The van der Waals surface area contributed by atoms with Crippen molar-refractivity contribution in [3.05, 3.63) is 16.3 Å². The lowest BCUT2D eigenvalue weighted by Crippen LogP contribution is -2.21. The Kier molecular flexibility index (Phi) is 3.56. The van der Waals surface area contributed by atoms with Gasteiger partial charge in [-0.25, -0.2) is 0 Å². The van der Waals surface area contributed by atoms with E-state index in [1.54, 1.807) is 18.4 Å². The SMILES string of the molecule is COc1csc(CNC(C)C)c1. The second kappa shape index (κ2) is 4.48. The number of hydrogen-bond acceptors (Lipinski definition) is 3. The number of ether oxygens (including phenoxy) is 1. The van der Waals surface area contributed by atoms with Crippen molar-refractivity contribution in [2.24, 2.45) is 0 Å². The van der Waals surface area contributed by atoms with Gasteiger partial charge in [-0.1, -0.05) is 13.8 Å². The zero-order valence-electron chi connectivity index (χ0n) is 7.76.